The molecule has 3 amide bonds. The molecular formula is C14H20N4O4. The molecule has 0 saturated carbocycles. The van der Waals surface area contributed by atoms with Crippen molar-refractivity contribution in [1.82, 2.24) is 21.2 Å². The number of carbonyl (C=O) groups is 3. The Hall–Kier alpha value is -2.64. The Labute approximate surface area is 128 Å². The molecule has 8 nitrogen and oxygen atoms in total. The Kier molecular flexibility index (Phi) is 5.85. The number of hydrazine groups is 1. The van der Waals surface area contributed by atoms with Crippen LogP contribution >= 0.6 is 0 Å². The normalized spacial score (nSPS) is 12.0. The van der Waals surface area contributed by atoms with Gasteiger partial charge in [-0.05, 0) is 39.8 Å². The predicted octanol–water partition coefficient (Wildman–Crippen LogP) is 0.756. The number of ether oxygens (including phenoxy) is 1. The van der Waals surface area contributed by atoms with Crippen molar-refractivity contribution in [3.05, 3.63) is 30.1 Å². The van der Waals surface area contributed by atoms with Crippen LogP contribution in [0.2, 0.25) is 0 Å². The third kappa shape index (κ3) is 6.21. The summed E-state index contributed by atoms with van der Waals surface area (Å²) in [5.74, 6) is -1.14. The van der Waals surface area contributed by atoms with Crippen LogP contribution in [0.3, 0.4) is 0 Å². The highest BCUT2D eigenvalue weighted by Gasteiger charge is 2.21. The Morgan fingerprint density at radius 1 is 1.18 bits per heavy atom. The van der Waals surface area contributed by atoms with Crippen LogP contribution in [0, 0.1) is 0 Å². The summed E-state index contributed by atoms with van der Waals surface area (Å²) < 4.78 is 5.03. The quantitative estimate of drug-likeness (QED) is 0.714. The standard InChI is InChI=1S/C14H20N4O4/c1-9(16-13(21)22-14(2,3)4)11(19)17-18-12(20)10-7-5-6-8-15-10/h5-9H,1-4H3,(H,16,21)(H,17,19)(H,18,20)/t9-/m1/s1. The van der Waals surface area contributed by atoms with Crippen LogP contribution < -0.4 is 16.2 Å². The molecule has 8 heteroatoms. The average Bonchev–Trinajstić information content (AvgIpc) is 2.43. The van der Waals surface area contributed by atoms with Crippen molar-refractivity contribution in [3.63, 3.8) is 0 Å². The van der Waals surface area contributed by atoms with Crippen molar-refractivity contribution >= 4 is 17.9 Å². The van der Waals surface area contributed by atoms with Gasteiger partial charge in [-0.25, -0.2) is 4.79 Å². The number of nitrogens with one attached hydrogen (secondary N) is 3. The van der Waals surface area contributed by atoms with Crippen LogP contribution in [0.1, 0.15) is 38.2 Å². The van der Waals surface area contributed by atoms with Gasteiger partial charge in [0.2, 0.25) is 0 Å². The number of hydrogen-bond acceptors (Lipinski definition) is 5. The fourth-order valence-electron chi connectivity index (χ4n) is 1.34. The zero-order valence-corrected chi connectivity index (χ0v) is 13.0. The van der Waals surface area contributed by atoms with Gasteiger partial charge < -0.3 is 10.1 Å². The monoisotopic (exact) mass is 308 g/mol. The van der Waals surface area contributed by atoms with E-state index in [9.17, 15) is 14.4 Å². The molecule has 1 heterocycles. The van der Waals surface area contributed by atoms with E-state index in [1.54, 1.807) is 32.9 Å². The molecule has 0 bridgehead atoms. The lowest BCUT2D eigenvalue weighted by Crippen LogP contribution is -2.51. The van der Waals surface area contributed by atoms with Crippen molar-refractivity contribution in [3.8, 4) is 0 Å². The van der Waals surface area contributed by atoms with Gasteiger partial charge in [-0.2, -0.15) is 0 Å². The van der Waals surface area contributed by atoms with E-state index in [0.29, 0.717) is 0 Å². The maximum absolute atomic E-state index is 11.8. The summed E-state index contributed by atoms with van der Waals surface area (Å²) in [6.07, 6.45) is 0.745. The second-order valence-electron chi connectivity index (χ2n) is 5.53. The van der Waals surface area contributed by atoms with Crippen molar-refractivity contribution in [2.45, 2.75) is 39.3 Å². The first kappa shape index (κ1) is 17.4. The first-order valence-corrected chi connectivity index (χ1v) is 6.70. The van der Waals surface area contributed by atoms with E-state index < -0.39 is 29.6 Å². The van der Waals surface area contributed by atoms with Crippen LogP contribution in [0.4, 0.5) is 4.79 Å². The Balaban J connectivity index is 2.42. The summed E-state index contributed by atoms with van der Waals surface area (Å²) in [7, 11) is 0. The SMILES string of the molecule is C[C@@H](NC(=O)OC(C)(C)C)C(=O)NNC(=O)c1ccccn1. The smallest absolute Gasteiger partial charge is 0.408 e. The number of pyridine rings is 1. The maximum atomic E-state index is 11.8. The third-order valence-corrected chi connectivity index (χ3v) is 2.32. The maximum Gasteiger partial charge on any atom is 0.408 e. The lowest BCUT2D eigenvalue weighted by Gasteiger charge is -2.21. The summed E-state index contributed by atoms with van der Waals surface area (Å²) in [6, 6.07) is 3.95. The van der Waals surface area contributed by atoms with Gasteiger partial charge >= 0.3 is 6.09 Å². The van der Waals surface area contributed by atoms with E-state index in [-0.39, 0.29) is 5.69 Å². The predicted molar refractivity (Wildman–Crippen MR) is 78.7 cm³/mol. The molecule has 22 heavy (non-hydrogen) atoms. The minimum absolute atomic E-state index is 0.163. The molecule has 0 fully saturated rings. The van der Waals surface area contributed by atoms with Crippen molar-refractivity contribution in [2.24, 2.45) is 0 Å². The molecule has 0 aliphatic heterocycles. The molecule has 0 saturated heterocycles. The van der Waals surface area contributed by atoms with Gasteiger partial charge in [0.1, 0.15) is 17.3 Å². The van der Waals surface area contributed by atoms with E-state index in [1.165, 1.54) is 19.2 Å². The molecule has 0 aliphatic rings. The molecule has 1 aromatic heterocycles. The Bertz CT molecular complexity index is 540. The van der Waals surface area contributed by atoms with Gasteiger partial charge in [0.15, 0.2) is 0 Å². The number of rotatable bonds is 3. The molecule has 1 aromatic rings. The number of carbonyl (C=O) groups excluding carboxylic acids is 3. The van der Waals surface area contributed by atoms with E-state index in [2.05, 4.69) is 21.2 Å². The molecule has 0 aliphatic carbocycles. The van der Waals surface area contributed by atoms with Crippen molar-refractivity contribution in [1.29, 1.82) is 0 Å². The summed E-state index contributed by atoms with van der Waals surface area (Å²) in [5.41, 5.74) is 3.91. The number of hydrogen-bond donors (Lipinski definition) is 3. The van der Waals surface area contributed by atoms with Gasteiger partial charge in [0, 0.05) is 6.20 Å². The summed E-state index contributed by atoms with van der Waals surface area (Å²) >= 11 is 0. The topological polar surface area (TPSA) is 109 Å². The van der Waals surface area contributed by atoms with Gasteiger partial charge in [-0.3, -0.25) is 25.4 Å². The molecule has 0 aromatic carbocycles. The third-order valence-electron chi connectivity index (χ3n) is 2.32. The summed E-state index contributed by atoms with van der Waals surface area (Å²) in [5, 5.41) is 2.36. The van der Waals surface area contributed by atoms with Crippen LogP contribution in [0.15, 0.2) is 24.4 Å². The van der Waals surface area contributed by atoms with E-state index in [1.807, 2.05) is 0 Å². The second-order valence-corrected chi connectivity index (χ2v) is 5.53. The number of nitrogens with zero attached hydrogens (tertiary/aromatic N) is 1. The minimum atomic E-state index is -0.876. The Morgan fingerprint density at radius 2 is 1.86 bits per heavy atom. The number of amides is 3. The van der Waals surface area contributed by atoms with Crippen molar-refractivity contribution < 1.29 is 19.1 Å². The highest BCUT2D eigenvalue weighted by atomic mass is 16.6. The van der Waals surface area contributed by atoms with Crippen molar-refractivity contribution in [2.75, 3.05) is 0 Å². The summed E-state index contributed by atoms with van der Waals surface area (Å²) in [4.78, 5) is 38.8. The van der Waals surface area contributed by atoms with E-state index >= 15 is 0 Å². The molecule has 0 spiro atoms. The van der Waals surface area contributed by atoms with Crippen LogP contribution in [0.25, 0.3) is 0 Å². The fourth-order valence-corrected chi connectivity index (χ4v) is 1.34. The van der Waals surface area contributed by atoms with Gasteiger partial charge in [-0.15, -0.1) is 0 Å². The van der Waals surface area contributed by atoms with Gasteiger partial charge in [0.05, 0.1) is 0 Å². The van der Waals surface area contributed by atoms with E-state index in [0.717, 1.165) is 0 Å². The molecule has 3 N–H and O–H groups in total. The van der Waals surface area contributed by atoms with Crippen LogP contribution in [-0.2, 0) is 9.53 Å². The lowest BCUT2D eigenvalue weighted by molar-refractivity contribution is -0.123. The first-order valence-electron chi connectivity index (χ1n) is 6.70. The fraction of sp³-hybridized carbons (Fsp3) is 0.429. The number of aromatic nitrogens is 1. The first-order chi connectivity index (χ1) is 10.2. The largest absolute Gasteiger partial charge is 0.444 e. The van der Waals surface area contributed by atoms with Crippen LogP contribution in [-0.4, -0.2) is 34.5 Å². The highest BCUT2D eigenvalue weighted by Crippen LogP contribution is 2.06. The zero-order chi connectivity index (χ0) is 16.8. The average molecular weight is 308 g/mol. The molecular weight excluding hydrogens is 288 g/mol. The second kappa shape index (κ2) is 7.39. The van der Waals surface area contributed by atoms with Gasteiger partial charge in [0.25, 0.3) is 11.8 Å². The minimum Gasteiger partial charge on any atom is -0.444 e. The van der Waals surface area contributed by atoms with Crippen LogP contribution in [0.5, 0.6) is 0 Å². The molecule has 1 atom stereocenters. The zero-order valence-electron chi connectivity index (χ0n) is 13.0. The lowest BCUT2D eigenvalue weighted by atomic mass is 10.2. The molecule has 120 valence electrons. The molecule has 1 rings (SSSR count). The molecule has 0 unspecified atom stereocenters. The molecule has 0 radical (unpaired) electrons. The van der Waals surface area contributed by atoms with Gasteiger partial charge in [-0.1, -0.05) is 6.07 Å². The van der Waals surface area contributed by atoms with E-state index in [4.69, 9.17) is 4.74 Å². The summed E-state index contributed by atoms with van der Waals surface area (Å²) in [6.45, 7) is 6.60. The number of alkyl carbamates (subject to hydrolysis) is 1. The Morgan fingerprint density at radius 3 is 2.41 bits per heavy atom. The highest BCUT2D eigenvalue weighted by molar-refractivity contribution is 5.94.